The van der Waals surface area contributed by atoms with Crippen molar-refractivity contribution >= 4 is 10.0 Å². The van der Waals surface area contributed by atoms with Gasteiger partial charge in [0.25, 0.3) is 5.89 Å². The van der Waals surface area contributed by atoms with Crippen LogP contribution in [0.2, 0.25) is 0 Å². The van der Waals surface area contributed by atoms with E-state index in [1.54, 1.807) is 18.2 Å². The molecule has 0 saturated carbocycles. The zero-order valence-electron chi connectivity index (χ0n) is 14.9. The lowest BCUT2D eigenvalue weighted by Crippen LogP contribution is -2.32. The highest BCUT2D eigenvalue weighted by Crippen LogP contribution is 2.28. The molecule has 6 nitrogen and oxygen atoms in total. The molecule has 1 atom stereocenters. The molecule has 136 valence electrons. The number of hydrogen-bond donors (Lipinski definition) is 1. The topological polar surface area (TPSA) is 85.1 Å². The lowest BCUT2D eigenvalue weighted by atomic mass is 10.1. The molecular formula is C19H21N3O3S. The summed E-state index contributed by atoms with van der Waals surface area (Å²) in [5, 5.41) is 3.99. The molecule has 0 radical (unpaired) electrons. The lowest BCUT2D eigenvalue weighted by Gasteiger charge is -2.13. The van der Waals surface area contributed by atoms with Gasteiger partial charge in [0.15, 0.2) is 0 Å². The third kappa shape index (κ3) is 3.84. The summed E-state index contributed by atoms with van der Waals surface area (Å²) in [5.74, 6) is 0.591. The Labute approximate surface area is 153 Å². The predicted octanol–water partition coefficient (Wildman–Crippen LogP) is 3.79. The Morgan fingerprint density at radius 3 is 2.50 bits per heavy atom. The first kappa shape index (κ1) is 18.3. The fraction of sp³-hybridized carbons (Fsp3) is 0.263. The lowest BCUT2D eigenvalue weighted by molar-refractivity contribution is 0.431. The molecule has 0 amide bonds. The van der Waals surface area contributed by atoms with E-state index < -0.39 is 10.0 Å². The van der Waals surface area contributed by atoms with Gasteiger partial charge in [0.05, 0.1) is 10.5 Å². The summed E-state index contributed by atoms with van der Waals surface area (Å²) in [7, 11) is -3.69. The average Bonchev–Trinajstić information content (AvgIpc) is 3.12. The summed E-state index contributed by atoms with van der Waals surface area (Å²) in [6, 6.07) is 14.2. The molecule has 26 heavy (non-hydrogen) atoms. The van der Waals surface area contributed by atoms with Crippen molar-refractivity contribution in [3.8, 4) is 22.8 Å². The van der Waals surface area contributed by atoms with Crippen molar-refractivity contribution in [3.05, 3.63) is 54.1 Å². The number of hydrogen-bond acceptors (Lipinski definition) is 5. The molecule has 0 aliphatic rings. The number of aromatic nitrogens is 2. The van der Waals surface area contributed by atoms with E-state index in [-0.39, 0.29) is 16.8 Å². The first-order chi connectivity index (χ1) is 12.4. The first-order valence-corrected chi connectivity index (χ1v) is 9.91. The van der Waals surface area contributed by atoms with Gasteiger partial charge in [0.1, 0.15) is 0 Å². The Bertz CT molecular complexity index is 995. The van der Waals surface area contributed by atoms with Gasteiger partial charge in [-0.15, -0.1) is 0 Å². The van der Waals surface area contributed by atoms with Gasteiger partial charge in [0.2, 0.25) is 15.8 Å². The molecule has 0 aliphatic heterocycles. The maximum Gasteiger partial charge on any atom is 0.259 e. The molecule has 0 unspecified atom stereocenters. The quantitative estimate of drug-likeness (QED) is 0.712. The zero-order chi connectivity index (χ0) is 18.7. The third-order valence-corrected chi connectivity index (χ3v) is 5.76. The second kappa shape index (κ2) is 7.39. The van der Waals surface area contributed by atoms with Crippen molar-refractivity contribution in [3.63, 3.8) is 0 Å². The van der Waals surface area contributed by atoms with Crippen molar-refractivity contribution in [2.45, 2.75) is 38.1 Å². The molecule has 2 aromatic carbocycles. The second-order valence-electron chi connectivity index (χ2n) is 6.22. The molecule has 0 aliphatic carbocycles. The predicted molar refractivity (Wildman–Crippen MR) is 100.0 cm³/mol. The van der Waals surface area contributed by atoms with Gasteiger partial charge in [-0.05, 0) is 32.4 Å². The van der Waals surface area contributed by atoms with Crippen LogP contribution in [0.15, 0.2) is 57.9 Å². The Kier molecular flexibility index (Phi) is 5.20. The molecular weight excluding hydrogens is 350 g/mol. The molecule has 3 aromatic rings. The molecule has 3 rings (SSSR count). The maximum atomic E-state index is 12.7. The van der Waals surface area contributed by atoms with Crippen LogP contribution in [0, 0.1) is 6.92 Å². The average molecular weight is 371 g/mol. The van der Waals surface area contributed by atoms with Crippen LogP contribution in [0.25, 0.3) is 22.8 Å². The van der Waals surface area contributed by atoms with Crippen molar-refractivity contribution in [1.82, 2.24) is 14.9 Å². The number of nitrogens with one attached hydrogen (secondary N) is 1. The zero-order valence-corrected chi connectivity index (χ0v) is 15.7. The highest BCUT2D eigenvalue weighted by molar-refractivity contribution is 7.89. The van der Waals surface area contributed by atoms with Gasteiger partial charge in [-0.1, -0.05) is 54.0 Å². The Morgan fingerprint density at radius 1 is 1.12 bits per heavy atom. The van der Waals surface area contributed by atoms with Crippen LogP contribution in [0.1, 0.15) is 25.8 Å². The standard InChI is InChI=1S/C19H21N3O3S/c1-4-14(3)22-26(23,24)17-8-6-5-7-16(17)19-20-18(21-25-19)15-11-9-13(2)10-12-15/h5-12,14,22H,4H2,1-3H3/t14-/m1/s1. The maximum absolute atomic E-state index is 12.7. The van der Waals surface area contributed by atoms with Crippen molar-refractivity contribution in [1.29, 1.82) is 0 Å². The van der Waals surface area contributed by atoms with E-state index in [2.05, 4.69) is 14.9 Å². The highest BCUT2D eigenvalue weighted by atomic mass is 32.2. The molecule has 0 spiro atoms. The summed E-state index contributed by atoms with van der Waals surface area (Å²) in [5.41, 5.74) is 2.32. The monoisotopic (exact) mass is 371 g/mol. The number of aryl methyl sites for hydroxylation is 1. The van der Waals surface area contributed by atoms with E-state index in [1.807, 2.05) is 45.0 Å². The van der Waals surface area contributed by atoms with Crippen molar-refractivity contribution in [2.75, 3.05) is 0 Å². The molecule has 0 fully saturated rings. The smallest absolute Gasteiger partial charge is 0.259 e. The summed E-state index contributed by atoms with van der Waals surface area (Å²) >= 11 is 0. The van der Waals surface area contributed by atoms with Crippen LogP contribution in [-0.2, 0) is 10.0 Å². The molecule has 1 N–H and O–H groups in total. The molecule has 1 aromatic heterocycles. The minimum absolute atomic E-state index is 0.124. The Balaban J connectivity index is 2.00. The van der Waals surface area contributed by atoms with Gasteiger partial charge in [-0.3, -0.25) is 0 Å². The van der Waals surface area contributed by atoms with Gasteiger partial charge in [-0.25, -0.2) is 13.1 Å². The van der Waals surface area contributed by atoms with Crippen molar-refractivity contribution < 1.29 is 12.9 Å². The minimum atomic E-state index is -3.69. The van der Waals surface area contributed by atoms with Crippen LogP contribution in [0.5, 0.6) is 0 Å². The second-order valence-corrected chi connectivity index (χ2v) is 7.90. The number of rotatable bonds is 6. The normalized spacial score (nSPS) is 12.9. The number of nitrogens with zero attached hydrogens (tertiary/aromatic N) is 2. The number of sulfonamides is 1. The van der Waals surface area contributed by atoms with E-state index >= 15 is 0 Å². The van der Waals surface area contributed by atoms with Crippen LogP contribution < -0.4 is 4.72 Å². The molecule has 0 saturated heterocycles. The Morgan fingerprint density at radius 2 is 1.81 bits per heavy atom. The fourth-order valence-electron chi connectivity index (χ4n) is 2.44. The van der Waals surface area contributed by atoms with E-state index in [9.17, 15) is 8.42 Å². The Hall–Kier alpha value is -2.51. The van der Waals surface area contributed by atoms with Crippen LogP contribution in [-0.4, -0.2) is 24.6 Å². The molecule has 1 heterocycles. The van der Waals surface area contributed by atoms with Crippen molar-refractivity contribution in [2.24, 2.45) is 0 Å². The van der Waals surface area contributed by atoms with Crippen LogP contribution in [0.3, 0.4) is 0 Å². The summed E-state index contributed by atoms with van der Waals surface area (Å²) in [4.78, 5) is 4.51. The van der Waals surface area contributed by atoms with E-state index in [4.69, 9.17) is 4.52 Å². The first-order valence-electron chi connectivity index (χ1n) is 8.43. The SMILES string of the molecule is CC[C@@H](C)NS(=O)(=O)c1ccccc1-c1nc(-c2ccc(C)cc2)no1. The van der Waals surface area contributed by atoms with E-state index in [0.717, 1.165) is 11.1 Å². The summed E-state index contributed by atoms with van der Waals surface area (Å²) in [6.45, 7) is 5.74. The fourth-order valence-corrected chi connectivity index (χ4v) is 3.97. The molecule has 0 bridgehead atoms. The van der Waals surface area contributed by atoms with Gasteiger partial charge < -0.3 is 4.52 Å². The summed E-state index contributed by atoms with van der Waals surface area (Å²) in [6.07, 6.45) is 0.694. The van der Waals surface area contributed by atoms with Gasteiger partial charge >= 0.3 is 0 Å². The molecule has 7 heteroatoms. The van der Waals surface area contributed by atoms with Gasteiger partial charge in [-0.2, -0.15) is 4.98 Å². The van der Waals surface area contributed by atoms with Crippen LogP contribution >= 0.6 is 0 Å². The van der Waals surface area contributed by atoms with E-state index in [1.165, 1.54) is 6.07 Å². The van der Waals surface area contributed by atoms with E-state index in [0.29, 0.717) is 17.8 Å². The highest BCUT2D eigenvalue weighted by Gasteiger charge is 2.23. The van der Waals surface area contributed by atoms with Gasteiger partial charge in [0, 0.05) is 11.6 Å². The minimum Gasteiger partial charge on any atom is -0.334 e. The third-order valence-electron chi connectivity index (χ3n) is 4.11. The van der Waals surface area contributed by atoms with Crippen LogP contribution in [0.4, 0.5) is 0 Å². The number of benzene rings is 2. The summed E-state index contributed by atoms with van der Waals surface area (Å²) < 4.78 is 33.4. The largest absolute Gasteiger partial charge is 0.334 e.